The van der Waals surface area contributed by atoms with E-state index in [0.717, 1.165) is 12.0 Å². The van der Waals surface area contributed by atoms with Gasteiger partial charge in [-0.15, -0.1) is 0 Å². The molecule has 0 spiro atoms. The van der Waals surface area contributed by atoms with Crippen LogP contribution >= 0.6 is 0 Å². The largest absolute Gasteiger partial charge is 0.467 e. The number of likely N-dealkylation sites (N-methyl/N-ethyl adjacent to an activating group) is 1. The van der Waals surface area contributed by atoms with E-state index in [1.165, 1.54) is 0 Å². The van der Waals surface area contributed by atoms with E-state index < -0.39 is 6.04 Å². The number of anilines is 1. The number of carbonyl (C=O) groups excluding carboxylic acids is 1. The number of nitrogens with zero attached hydrogens (tertiary/aromatic N) is 2. The van der Waals surface area contributed by atoms with Gasteiger partial charge in [0.05, 0.1) is 12.6 Å². The van der Waals surface area contributed by atoms with E-state index in [1.54, 1.807) is 30.7 Å². The number of furan rings is 1. The molecular weight excluding hydrogens is 232 g/mol. The van der Waals surface area contributed by atoms with Crippen molar-refractivity contribution in [1.82, 2.24) is 15.3 Å². The average Bonchev–Trinajstić information content (AvgIpc) is 3.01. The number of carbonyl (C=O) groups is 1. The third-order valence-electron chi connectivity index (χ3n) is 3.21. The number of hydrogen-bond acceptors (Lipinski definition) is 4. The Kier molecular flexibility index (Phi) is 2.64. The van der Waals surface area contributed by atoms with Gasteiger partial charge < -0.3 is 14.7 Å². The van der Waals surface area contributed by atoms with Crippen molar-refractivity contribution in [3.05, 3.63) is 36.2 Å². The van der Waals surface area contributed by atoms with Gasteiger partial charge in [-0.3, -0.25) is 9.69 Å². The maximum absolute atomic E-state index is 12.5. The first-order valence-electron chi connectivity index (χ1n) is 5.85. The zero-order valence-electron chi connectivity index (χ0n) is 10.0. The van der Waals surface area contributed by atoms with Crippen LogP contribution in [0.1, 0.15) is 17.4 Å². The molecule has 6 heteroatoms. The predicted molar refractivity (Wildman–Crippen MR) is 65.2 cm³/mol. The third kappa shape index (κ3) is 1.62. The van der Waals surface area contributed by atoms with Crippen LogP contribution in [0.15, 0.2) is 29.3 Å². The van der Waals surface area contributed by atoms with E-state index in [4.69, 9.17) is 4.42 Å². The van der Waals surface area contributed by atoms with Crippen molar-refractivity contribution < 1.29 is 9.21 Å². The molecule has 0 aliphatic carbocycles. The summed E-state index contributed by atoms with van der Waals surface area (Å²) in [6, 6.07) is 1.47. The normalized spacial score (nSPS) is 19.7. The lowest BCUT2D eigenvalue weighted by Gasteiger charge is -2.21. The molecule has 3 heterocycles. The van der Waals surface area contributed by atoms with Crippen molar-refractivity contribution in [2.75, 3.05) is 18.5 Å². The molecule has 94 valence electrons. The minimum absolute atomic E-state index is 0.0432. The van der Waals surface area contributed by atoms with Gasteiger partial charge in [-0.25, -0.2) is 4.98 Å². The Morgan fingerprint density at radius 2 is 2.50 bits per heavy atom. The van der Waals surface area contributed by atoms with E-state index in [2.05, 4.69) is 15.3 Å². The topological polar surface area (TPSA) is 74.2 Å². The molecule has 0 bridgehead atoms. The van der Waals surface area contributed by atoms with Crippen molar-refractivity contribution in [1.29, 1.82) is 0 Å². The lowest BCUT2D eigenvalue weighted by Crippen LogP contribution is -2.39. The highest BCUT2D eigenvalue weighted by atomic mass is 16.3. The van der Waals surface area contributed by atoms with E-state index in [-0.39, 0.29) is 5.91 Å². The summed E-state index contributed by atoms with van der Waals surface area (Å²) in [6.45, 7) is 0.606. The molecule has 18 heavy (non-hydrogen) atoms. The maximum Gasteiger partial charge on any atom is 0.253 e. The van der Waals surface area contributed by atoms with Gasteiger partial charge >= 0.3 is 0 Å². The molecule has 1 unspecified atom stereocenters. The van der Waals surface area contributed by atoms with E-state index in [0.29, 0.717) is 18.1 Å². The molecule has 6 nitrogen and oxygen atoms in total. The third-order valence-corrected chi connectivity index (χ3v) is 3.21. The van der Waals surface area contributed by atoms with Gasteiger partial charge in [0.25, 0.3) is 5.91 Å². The molecule has 0 aromatic carbocycles. The van der Waals surface area contributed by atoms with Crippen LogP contribution < -0.4 is 10.2 Å². The molecule has 1 aliphatic heterocycles. The van der Waals surface area contributed by atoms with Gasteiger partial charge in [0.1, 0.15) is 11.8 Å². The van der Waals surface area contributed by atoms with Crippen LogP contribution in [-0.2, 0) is 11.2 Å². The summed E-state index contributed by atoms with van der Waals surface area (Å²) < 4.78 is 5.44. The molecule has 0 radical (unpaired) electrons. The highest BCUT2D eigenvalue weighted by Crippen LogP contribution is 2.27. The van der Waals surface area contributed by atoms with Gasteiger partial charge in [-0.05, 0) is 25.1 Å². The van der Waals surface area contributed by atoms with Crippen molar-refractivity contribution >= 4 is 11.7 Å². The zero-order valence-corrected chi connectivity index (χ0v) is 10.0. The quantitative estimate of drug-likeness (QED) is 0.824. The smallest absolute Gasteiger partial charge is 0.253 e. The van der Waals surface area contributed by atoms with Crippen LogP contribution in [0.2, 0.25) is 0 Å². The molecule has 1 atom stereocenters. The van der Waals surface area contributed by atoms with Crippen molar-refractivity contribution in [2.45, 2.75) is 12.5 Å². The summed E-state index contributed by atoms with van der Waals surface area (Å²) in [5, 5.41) is 3.00. The Balaban J connectivity index is 1.99. The van der Waals surface area contributed by atoms with Crippen LogP contribution in [0.25, 0.3) is 0 Å². The summed E-state index contributed by atoms with van der Waals surface area (Å²) >= 11 is 0. The predicted octanol–water partition coefficient (Wildman–Crippen LogP) is 0.852. The number of aromatic amines is 1. The highest BCUT2D eigenvalue weighted by molar-refractivity contribution is 5.97. The van der Waals surface area contributed by atoms with Crippen molar-refractivity contribution in [3.8, 4) is 0 Å². The Labute approximate surface area is 104 Å². The fourth-order valence-corrected chi connectivity index (χ4v) is 2.30. The summed E-state index contributed by atoms with van der Waals surface area (Å²) in [4.78, 5) is 21.2. The first-order valence-corrected chi connectivity index (χ1v) is 5.85. The van der Waals surface area contributed by atoms with Crippen LogP contribution in [0.3, 0.4) is 0 Å². The molecule has 3 rings (SSSR count). The molecule has 0 saturated heterocycles. The monoisotopic (exact) mass is 246 g/mol. The number of H-pyrrole nitrogens is 1. The van der Waals surface area contributed by atoms with Gasteiger partial charge in [0.2, 0.25) is 0 Å². The average molecular weight is 246 g/mol. The van der Waals surface area contributed by atoms with Gasteiger partial charge in [0.15, 0.2) is 5.82 Å². The zero-order chi connectivity index (χ0) is 12.5. The van der Waals surface area contributed by atoms with E-state index >= 15 is 0 Å². The molecule has 1 aliphatic rings. The molecule has 2 aromatic rings. The standard InChI is InChI=1S/C12H14N4O2/c1-13-10-11-8(3-5-18-11)2-4-16(12(10)17)9-6-14-7-15-9/h3,5-7,10,13H,2,4H2,1H3,(H,14,15). The number of rotatable bonds is 2. The van der Waals surface area contributed by atoms with Gasteiger partial charge in [0, 0.05) is 12.7 Å². The molecule has 0 fully saturated rings. The Morgan fingerprint density at radius 1 is 1.61 bits per heavy atom. The Morgan fingerprint density at radius 3 is 3.22 bits per heavy atom. The second-order valence-corrected chi connectivity index (χ2v) is 4.20. The fraction of sp³-hybridized carbons (Fsp3) is 0.333. The summed E-state index contributed by atoms with van der Waals surface area (Å²) in [6.07, 6.45) is 5.69. The lowest BCUT2D eigenvalue weighted by atomic mass is 10.1. The number of aromatic nitrogens is 2. The Bertz CT molecular complexity index is 546. The number of nitrogens with one attached hydrogen (secondary N) is 2. The number of fused-ring (bicyclic) bond motifs is 1. The molecule has 2 aromatic heterocycles. The first kappa shape index (κ1) is 11.0. The second-order valence-electron chi connectivity index (χ2n) is 4.20. The first-order chi connectivity index (χ1) is 8.81. The molecule has 1 amide bonds. The minimum Gasteiger partial charge on any atom is -0.467 e. The maximum atomic E-state index is 12.5. The van der Waals surface area contributed by atoms with Crippen LogP contribution in [0, 0.1) is 0 Å². The van der Waals surface area contributed by atoms with Crippen LogP contribution in [-0.4, -0.2) is 29.5 Å². The van der Waals surface area contributed by atoms with E-state index in [9.17, 15) is 4.79 Å². The summed E-state index contributed by atoms with van der Waals surface area (Å²) in [5.41, 5.74) is 1.07. The SMILES string of the molecule is CNC1C(=O)N(c2c[nH]cn2)CCc2ccoc21. The van der Waals surface area contributed by atoms with Crippen LogP contribution in [0.5, 0.6) is 0 Å². The van der Waals surface area contributed by atoms with Crippen molar-refractivity contribution in [2.24, 2.45) is 0 Å². The fourth-order valence-electron chi connectivity index (χ4n) is 2.30. The molecule has 2 N–H and O–H groups in total. The Hall–Kier alpha value is -2.08. The minimum atomic E-state index is -0.450. The summed E-state index contributed by atoms with van der Waals surface area (Å²) in [5.74, 6) is 1.31. The second kappa shape index (κ2) is 4.30. The summed E-state index contributed by atoms with van der Waals surface area (Å²) in [7, 11) is 1.75. The molecule has 0 saturated carbocycles. The van der Waals surface area contributed by atoms with Crippen LogP contribution in [0.4, 0.5) is 5.82 Å². The number of amides is 1. The lowest BCUT2D eigenvalue weighted by molar-refractivity contribution is -0.120. The van der Waals surface area contributed by atoms with E-state index in [1.807, 2.05) is 6.07 Å². The van der Waals surface area contributed by atoms with Gasteiger partial charge in [-0.1, -0.05) is 0 Å². The number of imidazole rings is 1. The highest BCUT2D eigenvalue weighted by Gasteiger charge is 2.33. The van der Waals surface area contributed by atoms with Crippen molar-refractivity contribution in [3.63, 3.8) is 0 Å². The van der Waals surface area contributed by atoms with Gasteiger partial charge in [-0.2, -0.15) is 0 Å². The molecular formula is C12H14N4O2. The number of hydrogen-bond donors (Lipinski definition) is 2.